The number of H-pyrrole nitrogens is 2. The van der Waals surface area contributed by atoms with Crippen molar-refractivity contribution in [2.45, 2.75) is 37.8 Å². The van der Waals surface area contributed by atoms with Crippen molar-refractivity contribution >= 4 is 27.8 Å². The standard InChI is InChI=1S/C31H32N4O2/c1-31-24-17-34-13-11-20-18-7-3-5-9-25(18)32-28(20)27(34)15-22(24)23(30(36)37-2)16-35(31)14-12-21-19-8-4-6-10-26(19)33-29(21)31/h3-10,16,22,24,27,32-33H,11-15,17H2,1-2H3/t22-,24-,27-,31+/m1/s1. The van der Waals surface area contributed by atoms with E-state index in [2.05, 4.69) is 81.4 Å². The minimum Gasteiger partial charge on any atom is -0.466 e. The molecule has 1 fully saturated rings. The Kier molecular flexibility index (Phi) is 4.38. The molecule has 4 aromatic rings. The summed E-state index contributed by atoms with van der Waals surface area (Å²) in [7, 11) is 1.52. The van der Waals surface area contributed by atoms with Gasteiger partial charge < -0.3 is 19.6 Å². The predicted molar refractivity (Wildman–Crippen MR) is 144 cm³/mol. The lowest BCUT2D eigenvalue weighted by Crippen LogP contribution is -2.62. The van der Waals surface area contributed by atoms with Crippen molar-refractivity contribution in [1.82, 2.24) is 19.8 Å². The molecule has 2 aromatic carbocycles. The fraction of sp³-hybridized carbons (Fsp3) is 0.387. The van der Waals surface area contributed by atoms with Crippen molar-refractivity contribution in [2.24, 2.45) is 11.8 Å². The van der Waals surface area contributed by atoms with Gasteiger partial charge in [-0.25, -0.2) is 4.79 Å². The molecule has 0 amide bonds. The zero-order valence-corrected chi connectivity index (χ0v) is 21.4. The number of piperidine rings is 1. The second-order valence-corrected chi connectivity index (χ2v) is 11.5. The van der Waals surface area contributed by atoms with Crippen LogP contribution in [-0.2, 0) is 27.9 Å². The van der Waals surface area contributed by atoms with Crippen molar-refractivity contribution in [3.63, 3.8) is 0 Å². The van der Waals surface area contributed by atoms with Gasteiger partial charge in [-0.1, -0.05) is 36.4 Å². The van der Waals surface area contributed by atoms with Crippen molar-refractivity contribution in [2.75, 3.05) is 26.7 Å². The molecule has 0 spiro atoms. The number of aromatic amines is 2. The molecule has 6 nitrogen and oxygen atoms in total. The van der Waals surface area contributed by atoms with Crippen LogP contribution in [0, 0.1) is 11.8 Å². The van der Waals surface area contributed by atoms with Crippen LogP contribution in [0.4, 0.5) is 0 Å². The molecule has 0 unspecified atom stereocenters. The van der Waals surface area contributed by atoms with Gasteiger partial charge in [-0.15, -0.1) is 0 Å². The summed E-state index contributed by atoms with van der Waals surface area (Å²) in [6.45, 7) is 5.32. The monoisotopic (exact) mass is 492 g/mol. The minimum atomic E-state index is -0.208. The van der Waals surface area contributed by atoms with Crippen molar-refractivity contribution in [3.05, 3.63) is 82.8 Å². The van der Waals surface area contributed by atoms with E-state index in [1.54, 1.807) is 0 Å². The second-order valence-electron chi connectivity index (χ2n) is 11.5. The first-order chi connectivity index (χ1) is 18.1. The number of fused-ring (bicyclic) bond motifs is 12. The summed E-state index contributed by atoms with van der Waals surface area (Å²) in [6.07, 6.45) is 5.10. The van der Waals surface area contributed by atoms with Crippen molar-refractivity contribution < 1.29 is 9.53 Å². The number of aromatic nitrogens is 2. The van der Waals surface area contributed by atoms with Crippen molar-refractivity contribution in [3.8, 4) is 0 Å². The Hall–Kier alpha value is -3.51. The Morgan fingerprint density at radius 2 is 1.68 bits per heavy atom. The lowest BCUT2D eigenvalue weighted by Gasteiger charge is -2.59. The smallest absolute Gasteiger partial charge is 0.335 e. The van der Waals surface area contributed by atoms with E-state index in [9.17, 15) is 4.79 Å². The van der Waals surface area contributed by atoms with Gasteiger partial charge in [-0.3, -0.25) is 4.90 Å². The Balaban J connectivity index is 1.28. The first-order valence-electron chi connectivity index (χ1n) is 13.6. The second kappa shape index (κ2) is 7.51. The van der Waals surface area contributed by atoms with Crippen LogP contribution in [0.3, 0.4) is 0 Å². The minimum absolute atomic E-state index is 0.129. The highest BCUT2D eigenvalue weighted by Crippen LogP contribution is 2.56. The van der Waals surface area contributed by atoms with Crippen LogP contribution in [-0.4, -0.2) is 52.5 Å². The largest absolute Gasteiger partial charge is 0.466 e. The van der Waals surface area contributed by atoms with Crippen LogP contribution in [0.5, 0.6) is 0 Å². The number of methoxy groups -OCH3 is 1. The topological polar surface area (TPSA) is 64.4 Å². The summed E-state index contributed by atoms with van der Waals surface area (Å²) < 4.78 is 5.36. The lowest BCUT2D eigenvalue weighted by atomic mass is 9.62. The number of nitrogens with zero attached hydrogens (tertiary/aromatic N) is 2. The third-order valence-corrected chi connectivity index (χ3v) is 10.0. The molecule has 0 aliphatic carbocycles. The molecule has 188 valence electrons. The van der Waals surface area contributed by atoms with E-state index in [0.29, 0.717) is 0 Å². The van der Waals surface area contributed by atoms with Crippen LogP contribution in [0.1, 0.15) is 41.9 Å². The van der Waals surface area contributed by atoms with E-state index in [-0.39, 0.29) is 29.4 Å². The number of para-hydroxylation sites is 2. The SMILES string of the molecule is COC(=O)C1=CN2CCc3c([nH]c4ccccc34)[C@]2(C)[C@@H]2CN3CCc4c([nH]c5ccccc45)[C@H]3C[C@H]12. The van der Waals surface area contributed by atoms with Crippen LogP contribution in [0.2, 0.25) is 0 Å². The summed E-state index contributed by atoms with van der Waals surface area (Å²) in [6, 6.07) is 17.6. The maximum Gasteiger partial charge on any atom is 0.335 e. The fourth-order valence-electron chi connectivity index (χ4n) is 8.23. The molecular formula is C31H32N4O2. The molecule has 2 N–H and O–H groups in total. The van der Waals surface area contributed by atoms with Crippen LogP contribution in [0.25, 0.3) is 21.8 Å². The van der Waals surface area contributed by atoms with Crippen LogP contribution in [0.15, 0.2) is 60.3 Å². The van der Waals surface area contributed by atoms with Crippen LogP contribution < -0.4 is 0 Å². The summed E-state index contributed by atoms with van der Waals surface area (Å²) in [5, 5.41) is 2.69. The zero-order chi connectivity index (χ0) is 24.9. The molecule has 2 aromatic heterocycles. The molecule has 0 bridgehead atoms. The number of esters is 1. The van der Waals surface area contributed by atoms with Crippen LogP contribution >= 0.6 is 0 Å². The first kappa shape index (κ1) is 21.6. The number of hydrogen-bond donors (Lipinski definition) is 2. The van der Waals surface area contributed by atoms with Gasteiger partial charge in [-0.05, 0) is 49.4 Å². The van der Waals surface area contributed by atoms with Crippen molar-refractivity contribution in [1.29, 1.82) is 0 Å². The Bertz CT molecular complexity index is 1610. The van der Waals surface area contributed by atoms with E-state index in [1.165, 1.54) is 51.4 Å². The molecular weight excluding hydrogens is 460 g/mol. The quantitative estimate of drug-likeness (QED) is 0.366. The molecule has 0 saturated carbocycles. The number of hydrogen-bond acceptors (Lipinski definition) is 4. The molecule has 0 radical (unpaired) electrons. The highest BCUT2D eigenvalue weighted by molar-refractivity contribution is 5.90. The summed E-state index contributed by atoms with van der Waals surface area (Å²) in [5.74, 6) is 0.228. The van der Waals surface area contributed by atoms with Gasteiger partial charge in [0.25, 0.3) is 0 Å². The highest BCUT2D eigenvalue weighted by atomic mass is 16.5. The molecule has 4 atom stereocenters. The Morgan fingerprint density at radius 3 is 2.46 bits per heavy atom. The predicted octanol–water partition coefficient (Wildman–Crippen LogP) is 5.03. The number of ether oxygens (including phenoxy) is 1. The summed E-state index contributed by atoms with van der Waals surface area (Å²) >= 11 is 0. The molecule has 4 aliphatic heterocycles. The lowest BCUT2D eigenvalue weighted by molar-refractivity contribution is -0.139. The normalized spacial score (nSPS) is 28.6. The van der Waals surface area contributed by atoms with E-state index in [0.717, 1.165) is 44.5 Å². The maximum atomic E-state index is 13.2. The van der Waals surface area contributed by atoms with Gasteiger partial charge in [0.15, 0.2) is 0 Å². The molecule has 8 rings (SSSR count). The molecule has 6 heteroatoms. The number of rotatable bonds is 1. The average molecular weight is 493 g/mol. The van der Waals surface area contributed by atoms with E-state index < -0.39 is 0 Å². The molecule has 37 heavy (non-hydrogen) atoms. The van der Waals surface area contributed by atoms with Gasteiger partial charge >= 0.3 is 5.97 Å². The number of nitrogens with one attached hydrogen (secondary N) is 2. The highest BCUT2D eigenvalue weighted by Gasteiger charge is 2.56. The van der Waals surface area contributed by atoms with Gasteiger partial charge in [0.1, 0.15) is 0 Å². The summed E-state index contributed by atoms with van der Waals surface area (Å²) in [5.41, 5.74) is 8.64. The van der Waals surface area contributed by atoms with E-state index >= 15 is 0 Å². The van der Waals surface area contributed by atoms with E-state index in [4.69, 9.17) is 4.74 Å². The number of benzene rings is 2. The summed E-state index contributed by atoms with van der Waals surface area (Å²) in [4.78, 5) is 25.9. The molecule has 6 heterocycles. The van der Waals surface area contributed by atoms with Gasteiger partial charge in [0.05, 0.1) is 24.3 Å². The molecule has 4 aliphatic rings. The number of carbonyl (C=O) groups is 1. The zero-order valence-electron chi connectivity index (χ0n) is 21.4. The number of carbonyl (C=O) groups excluding carboxylic acids is 1. The maximum absolute atomic E-state index is 13.2. The third kappa shape index (κ3) is 2.77. The average Bonchev–Trinajstić information content (AvgIpc) is 3.51. The van der Waals surface area contributed by atoms with E-state index in [1.807, 2.05) is 0 Å². The van der Waals surface area contributed by atoms with Gasteiger partial charge in [-0.2, -0.15) is 0 Å². The third-order valence-electron chi connectivity index (χ3n) is 10.0. The fourth-order valence-corrected chi connectivity index (χ4v) is 8.23. The first-order valence-corrected chi connectivity index (χ1v) is 13.6. The van der Waals surface area contributed by atoms with Gasteiger partial charge in [0.2, 0.25) is 0 Å². The Labute approximate surface area is 216 Å². The molecule has 1 saturated heterocycles. The van der Waals surface area contributed by atoms with Gasteiger partial charge in [0, 0.05) is 70.9 Å². The Morgan fingerprint density at radius 1 is 0.973 bits per heavy atom.